The number of nitrogens with zero attached hydrogens (tertiary/aromatic N) is 2. The molecule has 5 nitrogen and oxygen atoms in total. The van der Waals surface area contributed by atoms with Crippen molar-refractivity contribution in [1.82, 2.24) is 4.98 Å². The predicted molar refractivity (Wildman–Crippen MR) is 101 cm³/mol. The van der Waals surface area contributed by atoms with Crippen LogP contribution >= 0.6 is 15.9 Å². The van der Waals surface area contributed by atoms with Crippen LogP contribution < -0.4 is 10.6 Å². The van der Waals surface area contributed by atoms with Crippen LogP contribution in [0.1, 0.15) is 15.9 Å². The summed E-state index contributed by atoms with van der Waals surface area (Å²) in [6.07, 6.45) is 1.58. The van der Waals surface area contributed by atoms with E-state index in [-0.39, 0.29) is 5.91 Å². The number of nitriles is 1. The first-order valence-electron chi connectivity index (χ1n) is 7.44. The SMILES string of the molecule is N#Cc1cccc(Nc2ccc(NC(=O)c3ccc(Br)cc3)cn2)c1. The molecule has 0 saturated carbocycles. The molecule has 1 aromatic heterocycles. The normalized spacial score (nSPS) is 9.92. The van der Waals surface area contributed by atoms with Crippen LogP contribution in [-0.2, 0) is 0 Å². The van der Waals surface area contributed by atoms with Crippen LogP contribution in [0.4, 0.5) is 17.2 Å². The van der Waals surface area contributed by atoms with Gasteiger partial charge in [0.05, 0.1) is 23.5 Å². The van der Waals surface area contributed by atoms with E-state index in [1.165, 1.54) is 0 Å². The molecule has 25 heavy (non-hydrogen) atoms. The molecule has 0 bridgehead atoms. The number of pyridine rings is 1. The Morgan fingerprint density at radius 1 is 1.04 bits per heavy atom. The summed E-state index contributed by atoms with van der Waals surface area (Å²) < 4.78 is 0.918. The fourth-order valence-electron chi connectivity index (χ4n) is 2.16. The molecular formula is C19H13BrN4O. The van der Waals surface area contributed by atoms with Gasteiger partial charge in [-0.1, -0.05) is 22.0 Å². The van der Waals surface area contributed by atoms with Crippen molar-refractivity contribution in [3.63, 3.8) is 0 Å². The van der Waals surface area contributed by atoms with Gasteiger partial charge in [-0.25, -0.2) is 4.98 Å². The number of benzene rings is 2. The van der Waals surface area contributed by atoms with Crippen LogP contribution in [0.3, 0.4) is 0 Å². The zero-order valence-corrected chi connectivity index (χ0v) is 14.6. The molecule has 0 fully saturated rings. The van der Waals surface area contributed by atoms with Crippen molar-refractivity contribution in [2.24, 2.45) is 0 Å². The van der Waals surface area contributed by atoms with E-state index in [2.05, 4.69) is 37.6 Å². The zero-order chi connectivity index (χ0) is 17.6. The van der Waals surface area contributed by atoms with Crippen molar-refractivity contribution in [3.8, 4) is 6.07 Å². The average Bonchev–Trinajstić information content (AvgIpc) is 2.64. The third-order valence-corrected chi connectivity index (χ3v) is 3.92. The Kier molecular flexibility index (Phi) is 5.07. The summed E-state index contributed by atoms with van der Waals surface area (Å²) in [7, 11) is 0. The summed E-state index contributed by atoms with van der Waals surface area (Å²) in [6, 6.07) is 19.9. The highest BCUT2D eigenvalue weighted by molar-refractivity contribution is 9.10. The first-order chi connectivity index (χ1) is 12.1. The molecule has 0 aliphatic carbocycles. The molecular weight excluding hydrogens is 380 g/mol. The van der Waals surface area contributed by atoms with Crippen molar-refractivity contribution in [2.45, 2.75) is 0 Å². The molecule has 1 amide bonds. The van der Waals surface area contributed by atoms with E-state index in [9.17, 15) is 4.79 Å². The number of hydrogen-bond acceptors (Lipinski definition) is 4. The Labute approximate surface area is 153 Å². The maximum absolute atomic E-state index is 12.2. The Balaban J connectivity index is 1.66. The third-order valence-electron chi connectivity index (χ3n) is 3.39. The van der Waals surface area contributed by atoms with Gasteiger partial charge in [-0.15, -0.1) is 0 Å². The maximum Gasteiger partial charge on any atom is 0.255 e. The Morgan fingerprint density at radius 3 is 2.52 bits per heavy atom. The van der Waals surface area contributed by atoms with Crippen LogP contribution in [0.15, 0.2) is 71.3 Å². The van der Waals surface area contributed by atoms with Gasteiger partial charge in [0.2, 0.25) is 0 Å². The highest BCUT2D eigenvalue weighted by Gasteiger charge is 2.06. The van der Waals surface area contributed by atoms with E-state index in [1.807, 2.05) is 18.2 Å². The van der Waals surface area contributed by atoms with Crippen LogP contribution in [0.25, 0.3) is 0 Å². The molecule has 0 spiro atoms. The smallest absolute Gasteiger partial charge is 0.255 e. The highest BCUT2D eigenvalue weighted by atomic mass is 79.9. The van der Waals surface area contributed by atoms with Gasteiger partial charge in [0.15, 0.2) is 0 Å². The van der Waals surface area contributed by atoms with Gasteiger partial charge in [-0.2, -0.15) is 5.26 Å². The number of amides is 1. The molecule has 0 atom stereocenters. The van der Waals surface area contributed by atoms with Crippen LogP contribution in [0, 0.1) is 11.3 Å². The quantitative estimate of drug-likeness (QED) is 0.673. The molecule has 0 radical (unpaired) electrons. The van der Waals surface area contributed by atoms with Gasteiger partial charge in [0.1, 0.15) is 5.82 Å². The number of carbonyl (C=O) groups is 1. The van der Waals surface area contributed by atoms with E-state index >= 15 is 0 Å². The molecule has 1 heterocycles. The molecule has 3 rings (SSSR count). The second kappa shape index (κ2) is 7.60. The van der Waals surface area contributed by atoms with Gasteiger partial charge in [0.25, 0.3) is 5.91 Å². The molecule has 3 aromatic rings. The fraction of sp³-hybridized carbons (Fsp3) is 0. The van der Waals surface area contributed by atoms with Crippen molar-refractivity contribution in [3.05, 3.63) is 82.5 Å². The summed E-state index contributed by atoms with van der Waals surface area (Å²) in [6.45, 7) is 0. The lowest BCUT2D eigenvalue weighted by Gasteiger charge is -2.08. The molecule has 0 saturated heterocycles. The lowest BCUT2D eigenvalue weighted by atomic mass is 10.2. The van der Waals surface area contributed by atoms with Gasteiger partial charge in [-0.05, 0) is 54.6 Å². The monoisotopic (exact) mass is 392 g/mol. The van der Waals surface area contributed by atoms with Crippen molar-refractivity contribution in [2.75, 3.05) is 10.6 Å². The molecule has 0 aliphatic heterocycles. The number of nitrogens with one attached hydrogen (secondary N) is 2. The van der Waals surface area contributed by atoms with Gasteiger partial charge < -0.3 is 10.6 Å². The number of anilines is 3. The minimum Gasteiger partial charge on any atom is -0.340 e. The molecule has 2 N–H and O–H groups in total. The van der Waals surface area contributed by atoms with Gasteiger partial charge in [-0.3, -0.25) is 4.79 Å². The van der Waals surface area contributed by atoms with Crippen LogP contribution in [0.5, 0.6) is 0 Å². The van der Waals surface area contributed by atoms with E-state index < -0.39 is 0 Å². The van der Waals surface area contributed by atoms with E-state index in [0.29, 0.717) is 22.6 Å². The predicted octanol–water partition coefficient (Wildman–Crippen LogP) is 4.71. The fourth-order valence-corrected chi connectivity index (χ4v) is 2.42. The average molecular weight is 393 g/mol. The lowest BCUT2D eigenvalue weighted by Crippen LogP contribution is -2.11. The number of hydrogen-bond donors (Lipinski definition) is 2. The summed E-state index contributed by atoms with van der Waals surface area (Å²) >= 11 is 3.34. The van der Waals surface area contributed by atoms with E-state index in [4.69, 9.17) is 5.26 Å². The Bertz CT molecular complexity index is 931. The van der Waals surface area contributed by atoms with Crippen LogP contribution in [-0.4, -0.2) is 10.9 Å². The highest BCUT2D eigenvalue weighted by Crippen LogP contribution is 2.18. The molecule has 0 aliphatic rings. The van der Waals surface area contributed by atoms with Crippen molar-refractivity contribution >= 4 is 39.0 Å². The first kappa shape index (κ1) is 16.7. The lowest BCUT2D eigenvalue weighted by molar-refractivity contribution is 0.102. The Morgan fingerprint density at radius 2 is 1.84 bits per heavy atom. The van der Waals surface area contributed by atoms with Crippen molar-refractivity contribution < 1.29 is 4.79 Å². The molecule has 0 unspecified atom stereocenters. The number of aromatic nitrogens is 1. The van der Waals surface area contributed by atoms with Gasteiger partial charge >= 0.3 is 0 Å². The summed E-state index contributed by atoms with van der Waals surface area (Å²) in [5, 5.41) is 14.8. The van der Waals surface area contributed by atoms with E-state index in [0.717, 1.165) is 10.2 Å². The largest absolute Gasteiger partial charge is 0.340 e. The maximum atomic E-state index is 12.2. The third kappa shape index (κ3) is 4.43. The minimum atomic E-state index is -0.197. The summed E-state index contributed by atoms with van der Waals surface area (Å²) in [5.41, 5.74) is 2.52. The minimum absolute atomic E-state index is 0.197. The second-order valence-corrected chi connectivity index (χ2v) is 6.13. The van der Waals surface area contributed by atoms with Crippen molar-refractivity contribution in [1.29, 1.82) is 5.26 Å². The number of rotatable bonds is 4. The standard InChI is InChI=1S/C19H13BrN4O/c20-15-6-4-14(5-7-15)19(25)24-17-8-9-18(22-12-17)23-16-3-1-2-13(10-16)11-21/h1-10,12H,(H,22,23)(H,24,25). The van der Waals surface area contributed by atoms with Gasteiger partial charge in [0, 0.05) is 15.7 Å². The molecule has 122 valence electrons. The summed E-state index contributed by atoms with van der Waals surface area (Å²) in [5.74, 6) is 0.425. The Hall–Kier alpha value is -3.17. The zero-order valence-electron chi connectivity index (χ0n) is 13.0. The number of halogens is 1. The second-order valence-electron chi connectivity index (χ2n) is 5.21. The topological polar surface area (TPSA) is 77.8 Å². The summed E-state index contributed by atoms with van der Waals surface area (Å²) in [4.78, 5) is 16.4. The molecule has 6 heteroatoms. The molecule has 2 aromatic carbocycles. The van der Waals surface area contributed by atoms with Crippen LogP contribution in [0.2, 0.25) is 0 Å². The first-order valence-corrected chi connectivity index (χ1v) is 8.23. The number of carbonyl (C=O) groups excluding carboxylic acids is 1. The van der Waals surface area contributed by atoms with E-state index in [1.54, 1.807) is 48.7 Å².